The Labute approximate surface area is 171 Å². The van der Waals surface area contributed by atoms with Gasteiger partial charge in [0.05, 0.1) is 18.4 Å². The molecule has 0 aliphatic carbocycles. The van der Waals surface area contributed by atoms with Gasteiger partial charge < -0.3 is 10.1 Å². The minimum Gasteiger partial charge on any atom is -0.497 e. The maximum Gasteiger partial charge on any atom is 0.233 e. The third-order valence-electron chi connectivity index (χ3n) is 5.74. The first kappa shape index (κ1) is 19.3. The zero-order chi connectivity index (χ0) is 19.3. The number of ether oxygens (including phenoxy) is 1. The van der Waals surface area contributed by atoms with Crippen molar-refractivity contribution in [2.75, 3.05) is 26.7 Å². The standard InChI is InChI=1S/C23H28N2O2S/c1-27-19-11-9-17(10-12-19)20(25-13-5-2-6-14-25)16-24-23(26)22-15-18-7-3-4-8-21(18)28-22/h3-4,7-12,20,22H,2,5-6,13-16H2,1H3,(H,24,26)/t20-,22-/m1/s1. The molecule has 0 aromatic heterocycles. The molecule has 0 spiro atoms. The van der Waals surface area contributed by atoms with Crippen LogP contribution in [0.2, 0.25) is 0 Å². The SMILES string of the molecule is COc1ccc([C@@H](CNC(=O)[C@H]2Cc3ccccc3S2)N2CCCCC2)cc1. The van der Waals surface area contributed by atoms with Gasteiger partial charge in [0, 0.05) is 11.4 Å². The molecule has 0 saturated carbocycles. The lowest BCUT2D eigenvalue weighted by Crippen LogP contribution is -2.42. The third-order valence-corrected chi connectivity index (χ3v) is 7.06. The number of thioether (sulfide) groups is 1. The Bertz CT molecular complexity index is 778. The molecule has 28 heavy (non-hydrogen) atoms. The summed E-state index contributed by atoms with van der Waals surface area (Å²) in [5, 5.41) is 3.23. The molecule has 5 heteroatoms. The van der Waals surface area contributed by atoms with E-state index in [1.54, 1.807) is 18.9 Å². The molecule has 0 unspecified atom stereocenters. The van der Waals surface area contributed by atoms with Gasteiger partial charge in [0.25, 0.3) is 0 Å². The average Bonchev–Trinajstić information content (AvgIpc) is 3.19. The molecule has 2 aliphatic heterocycles. The van der Waals surface area contributed by atoms with Gasteiger partial charge in [0.1, 0.15) is 5.75 Å². The zero-order valence-corrected chi connectivity index (χ0v) is 17.2. The Morgan fingerprint density at radius 3 is 2.61 bits per heavy atom. The molecule has 148 valence electrons. The number of methoxy groups -OCH3 is 1. The topological polar surface area (TPSA) is 41.6 Å². The summed E-state index contributed by atoms with van der Waals surface area (Å²) in [5.74, 6) is 1.02. The molecule has 0 bridgehead atoms. The smallest absolute Gasteiger partial charge is 0.233 e. The highest BCUT2D eigenvalue weighted by Gasteiger charge is 2.29. The molecule has 1 fully saturated rings. The highest BCUT2D eigenvalue weighted by Crippen LogP contribution is 2.37. The maximum absolute atomic E-state index is 12.9. The van der Waals surface area contributed by atoms with Crippen LogP contribution >= 0.6 is 11.8 Å². The Kier molecular flexibility index (Phi) is 6.23. The second-order valence-corrected chi connectivity index (χ2v) is 8.79. The van der Waals surface area contributed by atoms with E-state index in [1.807, 2.05) is 18.2 Å². The summed E-state index contributed by atoms with van der Waals surface area (Å²) in [6.45, 7) is 2.84. The van der Waals surface area contributed by atoms with Crippen LogP contribution in [-0.2, 0) is 11.2 Å². The molecule has 0 radical (unpaired) electrons. The van der Waals surface area contributed by atoms with Gasteiger partial charge in [-0.3, -0.25) is 9.69 Å². The monoisotopic (exact) mass is 396 g/mol. The van der Waals surface area contributed by atoms with Crippen LogP contribution in [0, 0.1) is 0 Å². The first-order valence-corrected chi connectivity index (χ1v) is 11.0. The first-order chi connectivity index (χ1) is 13.7. The minimum absolute atomic E-state index is 0.0183. The van der Waals surface area contributed by atoms with Crippen LogP contribution in [-0.4, -0.2) is 42.8 Å². The minimum atomic E-state index is -0.0183. The number of carbonyl (C=O) groups is 1. The molecule has 4 rings (SSSR count). The lowest BCUT2D eigenvalue weighted by Gasteiger charge is -2.35. The van der Waals surface area contributed by atoms with Crippen LogP contribution in [0.25, 0.3) is 0 Å². The fourth-order valence-corrected chi connectivity index (χ4v) is 5.37. The summed E-state index contributed by atoms with van der Waals surface area (Å²) < 4.78 is 5.30. The summed E-state index contributed by atoms with van der Waals surface area (Å²) in [4.78, 5) is 16.6. The maximum atomic E-state index is 12.9. The predicted octanol–water partition coefficient (Wildman–Crippen LogP) is 4.06. The third kappa shape index (κ3) is 4.36. The van der Waals surface area contributed by atoms with E-state index in [4.69, 9.17) is 4.74 Å². The summed E-state index contributed by atoms with van der Waals surface area (Å²) in [6.07, 6.45) is 4.58. The number of nitrogens with one attached hydrogen (secondary N) is 1. The molecule has 2 aromatic carbocycles. The largest absolute Gasteiger partial charge is 0.497 e. The Morgan fingerprint density at radius 2 is 1.89 bits per heavy atom. The second-order valence-electron chi connectivity index (χ2n) is 7.55. The van der Waals surface area contributed by atoms with Gasteiger partial charge in [0.15, 0.2) is 0 Å². The van der Waals surface area contributed by atoms with Crippen molar-refractivity contribution < 1.29 is 9.53 Å². The van der Waals surface area contributed by atoms with Gasteiger partial charge in [-0.2, -0.15) is 0 Å². The summed E-state index contributed by atoms with van der Waals surface area (Å²) in [7, 11) is 1.69. The van der Waals surface area contributed by atoms with Gasteiger partial charge >= 0.3 is 0 Å². The molecule has 2 atom stereocenters. The normalized spacial score (nSPS) is 20.4. The van der Waals surface area contributed by atoms with Crippen molar-refractivity contribution in [2.45, 2.75) is 41.9 Å². The van der Waals surface area contributed by atoms with Crippen LogP contribution in [0.4, 0.5) is 0 Å². The van der Waals surface area contributed by atoms with Crippen molar-refractivity contribution in [1.82, 2.24) is 10.2 Å². The molecule has 2 aromatic rings. The molecule has 4 nitrogen and oxygen atoms in total. The van der Waals surface area contributed by atoms with E-state index in [0.29, 0.717) is 6.54 Å². The first-order valence-electron chi connectivity index (χ1n) is 10.1. The molecular weight excluding hydrogens is 368 g/mol. The lowest BCUT2D eigenvalue weighted by molar-refractivity contribution is -0.120. The number of piperidine rings is 1. The molecule has 1 saturated heterocycles. The molecule has 1 amide bonds. The number of carbonyl (C=O) groups excluding carboxylic acids is 1. The number of rotatable bonds is 6. The summed E-state index contributed by atoms with van der Waals surface area (Å²) in [5.41, 5.74) is 2.53. The van der Waals surface area contributed by atoms with Crippen LogP contribution in [0.15, 0.2) is 53.4 Å². The van der Waals surface area contributed by atoms with Gasteiger partial charge in [-0.15, -0.1) is 11.8 Å². The zero-order valence-electron chi connectivity index (χ0n) is 16.4. The quantitative estimate of drug-likeness (QED) is 0.800. The van der Waals surface area contributed by atoms with Crippen molar-refractivity contribution in [1.29, 1.82) is 0 Å². The van der Waals surface area contributed by atoms with E-state index in [9.17, 15) is 4.79 Å². The summed E-state index contributed by atoms with van der Waals surface area (Å²) in [6, 6.07) is 16.8. The Balaban J connectivity index is 1.42. The molecule has 1 N–H and O–H groups in total. The number of hydrogen-bond acceptors (Lipinski definition) is 4. The highest BCUT2D eigenvalue weighted by atomic mass is 32.2. The van der Waals surface area contributed by atoms with Crippen LogP contribution in [0.1, 0.15) is 36.4 Å². The number of benzene rings is 2. The van der Waals surface area contributed by atoms with E-state index in [1.165, 1.54) is 35.3 Å². The van der Waals surface area contributed by atoms with Crippen molar-refractivity contribution in [3.05, 3.63) is 59.7 Å². The summed E-state index contributed by atoms with van der Waals surface area (Å²) >= 11 is 1.69. The van der Waals surface area contributed by atoms with E-state index in [2.05, 4.69) is 40.5 Å². The van der Waals surface area contributed by atoms with E-state index in [0.717, 1.165) is 25.3 Å². The van der Waals surface area contributed by atoms with E-state index >= 15 is 0 Å². The van der Waals surface area contributed by atoms with Gasteiger partial charge in [-0.25, -0.2) is 0 Å². The molecule has 2 heterocycles. The Hall–Kier alpha value is -1.98. The molecule has 2 aliphatic rings. The van der Waals surface area contributed by atoms with Gasteiger partial charge in [-0.1, -0.05) is 36.8 Å². The van der Waals surface area contributed by atoms with Crippen LogP contribution in [0.3, 0.4) is 0 Å². The predicted molar refractivity (Wildman–Crippen MR) is 114 cm³/mol. The van der Waals surface area contributed by atoms with E-state index in [-0.39, 0.29) is 17.2 Å². The van der Waals surface area contributed by atoms with Crippen LogP contribution in [0.5, 0.6) is 5.75 Å². The van der Waals surface area contributed by atoms with Crippen molar-refractivity contribution >= 4 is 17.7 Å². The number of nitrogens with zero attached hydrogens (tertiary/aromatic N) is 1. The Morgan fingerprint density at radius 1 is 1.14 bits per heavy atom. The van der Waals surface area contributed by atoms with Crippen molar-refractivity contribution in [3.8, 4) is 5.75 Å². The van der Waals surface area contributed by atoms with Gasteiger partial charge in [-0.05, 0) is 61.7 Å². The molecular formula is C23H28N2O2S. The highest BCUT2D eigenvalue weighted by molar-refractivity contribution is 8.01. The van der Waals surface area contributed by atoms with Crippen molar-refractivity contribution in [2.24, 2.45) is 0 Å². The van der Waals surface area contributed by atoms with Crippen molar-refractivity contribution in [3.63, 3.8) is 0 Å². The van der Waals surface area contributed by atoms with Crippen LogP contribution < -0.4 is 10.1 Å². The number of fused-ring (bicyclic) bond motifs is 1. The van der Waals surface area contributed by atoms with Gasteiger partial charge in [0.2, 0.25) is 5.91 Å². The lowest BCUT2D eigenvalue weighted by atomic mass is 10.0. The fourth-order valence-electron chi connectivity index (χ4n) is 4.15. The number of likely N-dealkylation sites (tertiary alicyclic amines) is 1. The average molecular weight is 397 g/mol. The van der Waals surface area contributed by atoms with E-state index < -0.39 is 0 Å². The fraction of sp³-hybridized carbons (Fsp3) is 0.435. The second kappa shape index (κ2) is 9.01. The number of hydrogen-bond donors (Lipinski definition) is 1. The number of amides is 1.